The summed E-state index contributed by atoms with van der Waals surface area (Å²) in [5.74, 6) is 0.799. The van der Waals surface area contributed by atoms with E-state index >= 15 is 0 Å². The first-order valence-corrected chi connectivity index (χ1v) is 6.61. The topological polar surface area (TPSA) is 55.1 Å². The van der Waals surface area contributed by atoms with Gasteiger partial charge in [-0.2, -0.15) is 5.26 Å². The molecule has 0 unspecified atom stereocenters. The van der Waals surface area contributed by atoms with Crippen LogP contribution >= 0.6 is 11.3 Å². The van der Waals surface area contributed by atoms with Crippen LogP contribution in [0.3, 0.4) is 0 Å². The summed E-state index contributed by atoms with van der Waals surface area (Å²) in [6.45, 7) is 2.75. The second kappa shape index (κ2) is 6.32. The zero-order valence-corrected chi connectivity index (χ0v) is 11.7. The normalized spacial score (nSPS) is 10.2. The number of rotatable bonds is 5. The molecule has 0 aliphatic heterocycles. The SMILES string of the molecule is COCc1nc(COc2ccc(C)cc2)sc1C#N. The van der Waals surface area contributed by atoms with E-state index < -0.39 is 0 Å². The lowest BCUT2D eigenvalue weighted by atomic mass is 10.2. The lowest BCUT2D eigenvalue weighted by Gasteiger charge is -2.03. The van der Waals surface area contributed by atoms with Gasteiger partial charge < -0.3 is 9.47 Å². The van der Waals surface area contributed by atoms with Gasteiger partial charge in [-0.05, 0) is 19.1 Å². The van der Waals surface area contributed by atoms with E-state index in [1.165, 1.54) is 16.9 Å². The van der Waals surface area contributed by atoms with Gasteiger partial charge in [0.05, 0.1) is 12.3 Å². The average molecular weight is 274 g/mol. The van der Waals surface area contributed by atoms with Crippen molar-refractivity contribution >= 4 is 11.3 Å². The van der Waals surface area contributed by atoms with Gasteiger partial charge in [0.25, 0.3) is 0 Å². The predicted molar refractivity (Wildman–Crippen MR) is 73.1 cm³/mol. The van der Waals surface area contributed by atoms with E-state index in [4.69, 9.17) is 14.7 Å². The highest BCUT2D eigenvalue weighted by molar-refractivity contribution is 7.12. The monoisotopic (exact) mass is 274 g/mol. The highest BCUT2D eigenvalue weighted by Gasteiger charge is 2.11. The van der Waals surface area contributed by atoms with Crippen molar-refractivity contribution < 1.29 is 9.47 Å². The van der Waals surface area contributed by atoms with E-state index in [9.17, 15) is 0 Å². The number of methoxy groups -OCH3 is 1. The molecule has 0 atom stereocenters. The zero-order chi connectivity index (χ0) is 13.7. The van der Waals surface area contributed by atoms with Crippen LogP contribution in [0.4, 0.5) is 0 Å². The van der Waals surface area contributed by atoms with Gasteiger partial charge in [0.1, 0.15) is 28.3 Å². The minimum absolute atomic E-state index is 0.351. The fourth-order valence-electron chi connectivity index (χ4n) is 1.56. The molecule has 5 heteroatoms. The molecule has 0 aliphatic carbocycles. The van der Waals surface area contributed by atoms with E-state index in [-0.39, 0.29) is 0 Å². The molecule has 98 valence electrons. The zero-order valence-electron chi connectivity index (χ0n) is 10.8. The summed E-state index contributed by atoms with van der Waals surface area (Å²) in [5.41, 5.74) is 1.87. The molecule has 0 saturated heterocycles. The fraction of sp³-hybridized carbons (Fsp3) is 0.286. The number of hydrogen-bond acceptors (Lipinski definition) is 5. The maximum atomic E-state index is 9.00. The Bertz CT molecular complexity index is 584. The molecule has 1 aromatic heterocycles. The molecule has 0 radical (unpaired) electrons. The van der Waals surface area contributed by atoms with Gasteiger partial charge in [-0.1, -0.05) is 17.7 Å². The Labute approximate surface area is 116 Å². The predicted octanol–water partition coefficient (Wildman–Crippen LogP) is 3.05. The van der Waals surface area contributed by atoms with E-state index in [2.05, 4.69) is 11.1 Å². The second-order valence-electron chi connectivity index (χ2n) is 4.03. The molecule has 1 aromatic carbocycles. The lowest BCUT2D eigenvalue weighted by molar-refractivity contribution is 0.181. The van der Waals surface area contributed by atoms with E-state index in [1.54, 1.807) is 7.11 Å². The molecular weight excluding hydrogens is 260 g/mol. The minimum Gasteiger partial charge on any atom is -0.486 e. The van der Waals surface area contributed by atoms with Crippen LogP contribution in [-0.2, 0) is 18.0 Å². The Morgan fingerprint density at radius 1 is 1.26 bits per heavy atom. The van der Waals surface area contributed by atoms with Crippen LogP contribution in [0.15, 0.2) is 24.3 Å². The first-order valence-electron chi connectivity index (χ1n) is 5.80. The fourth-order valence-corrected chi connectivity index (χ4v) is 2.34. The molecule has 0 saturated carbocycles. The number of aromatic nitrogens is 1. The maximum Gasteiger partial charge on any atom is 0.140 e. The third kappa shape index (κ3) is 3.53. The molecule has 1 heterocycles. The summed E-state index contributed by atoms with van der Waals surface area (Å²) >= 11 is 1.34. The summed E-state index contributed by atoms with van der Waals surface area (Å²) in [6.07, 6.45) is 0. The van der Waals surface area contributed by atoms with Crippen LogP contribution in [0.5, 0.6) is 5.75 Å². The van der Waals surface area contributed by atoms with Crippen LogP contribution in [0, 0.1) is 18.3 Å². The lowest BCUT2D eigenvalue weighted by Crippen LogP contribution is -1.96. The number of benzene rings is 1. The number of aryl methyl sites for hydroxylation is 1. The summed E-state index contributed by atoms with van der Waals surface area (Å²) in [5, 5.41) is 9.78. The van der Waals surface area contributed by atoms with Gasteiger partial charge in [0, 0.05) is 7.11 Å². The number of thiazole rings is 1. The van der Waals surface area contributed by atoms with Crippen molar-refractivity contribution in [3.8, 4) is 11.8 Å². The third-order valence-electron chi connectivity index (χ3n) is 2.51. The minimum atomic E-state index is 0.351. The molecule has 0 fully saturated rings. The molecule has 2 aromatic rings. The van der Waals surface area contributed by atoms with Crippen LogP contribution in [0.1, 0.15) is 21.1 Å². The molecular formula is C14H14N2O2S. The highest BCUT2D eigenvalue weighted by Crippen LogP contribution is 2.20. The van der Waals surface area contributed by atoms with E-state index in [0.29, 0.717) is 23.8 Å². The summed E-state index contributed by atoms with van der Waals surface area (Å²) in [4.78, 5) is 4.94. The van der Waals surface area contributed by atoms with Crippen molar-refractivity contribution in [1.82, 2.24) is 4.98 Å². The Morgan fingerprint density at radius 3 is 2.63 bits per heavy atom. The summed E-state index contributed by atoms with van der Waals surface area (Å²) in [7, 11) is 1.59. The molecule has 0 aliphatic rings. The number of nitriles is 1. The van der Waals surface area contributed by atoms with Gasteiger partial charge in [-0.3, -0.25) is 0 Å². The molecule has 2 rings (SSSR count). The summed E-state index contributed by atoms with van der Waals surface area (Å²) < 4.78 is 10.6. The first kappa shape index (κ1) is 13.5. The molecule has 0 N–H and O–H groups in total. The highest BCUT2D eigenvalue weighted by atomic mass is 32.1. The third-order valence-corrected chi connectivity index (χ3v) is 3.48. The Morgan fingerprint density at radius 2 is 2.00 bits per heavy atom. The van der Waals surface area contributed by atoms with Crippen molar-refractivity contribution in [1.29, 1.82) is 5.26 Å². The Kier molecular flexibility index (Phi) is 4.50. The van der Waals surface area contributed by atoms with Crippen LogP contribution in [-0.4, -0.2) is 12.1 Å². The molecule has 0 spiro atoms. The smallest absolute Gasteiger partial charge is 0.140 e. The van der Waals surface area contributed by atoms with Crippen LogP contribution in [0.2, 0.25) is 0 Å². The molecule has 4 nitrogen and oxygen atoms in total. The number of ether oxygens (including phenoxy) is 2. The molecule has 19 heavy (non-hydrogen) atoms. The standard InChI is InChI=1S/C14H14N2O2S/c1-10-3-5-11(6-4-10)18-9-14-16-12(8-17-2)13(7-15)19-14/h3-6H,8-9H2,1-2H3. The first-order chi connectivity index (χ1) is 9.22. The quantitative estimate of drug-likeness (QED) is 0.841. The number of nitrogens with zero attached hydrogens (tertiary/aromatic N) is 2. The Balaban J connectivity index is 2.03. The van der Waals surface area contributed by atoms with E-state index in [0.717, 1.165) is 10.8 Å². The maximum absolute atomic E-state index is 9.00. The summed E-state index contributed by atoms with van der Waals surface area (Å²) in [6, 6.07) is 9.96. The van der Waals surface area contributed by atoms with Gasteiger partial charge >= 0.3 is 0 Å². The molecule has 0 amide bonds. The second-order valence-corrected chi connectivity index (χ2v) is 5.11. The van der Waals surface area contributed by atoms with Gasteiger partial charge in [0.15, 0.2) is 0 Å². The van der Waals surface area contributed by atoms with Gasteiger partial charge in [0.2, 0.25) is 0 Å². The van der Waals surface area contributed by atoms with Crippen LogP contribution < -0.4 is 4.74 Å². The van der Waals surface area contributed by atoms with Crippen molar-refractivity contribution in [3.05, 3.63) is 45.4 Å². The average Bonchev–Trinajstić information content (AvgIpc) is 2.81. The Hall–Kier alpha value is -1.90. The van der Waals surface area contributed by atoms with Gasteiger partial charge in [-0.25, -0.2) is 4.98 Å². The van der Waals surface area contributed by atoms with Crippen molar-refractivity contribution in [2.45, 2.75) is 20.1 Å². The largest absolute Gasteiger partial charge is 0.486 e. The van der Waals surface area contributed by atoms with Gasteiger partial charge in [-0.15, -0.1) is 11.3 Å². The van der Waals surface area contributed by atoms with Crippen molar-refractivity contribution in [2.75, 3.05) is 7.11 Å². The van der Waals surface area contributed by atoms with Crippen LogP contribution in [0.25, 0.3) is 0 Å². The van der Waals surface area contributed by atoms with E-state index in [1.807, 2.05) is 31.2 Å². The van der Waals surface area contributed by atoms with Crippen molar-refractivity contribution in [3.63, 3.8) is 0 Å². The van der Waals surface area contributed by atoms with Crippen molar-refractivity contribution in [2.24, 2.45) is 0 Å². The number of hydrogen-bond donors (Lipinski definition) is 0. The molecule has 0 bridgehead atoms.